The fourth-order valence-corrected chi connectivity index (χ4v) is 8.49. The van der Waals surface area contributed by atoms with Crippen LogP contribution >= 0.6 is 19.0 Å². The monoisotopic (exact) mass is 378 g/mol. The number of carboxylic acids is 1. The zero-order chi connectivity index (χ0) is 18.7. The molecule has 0 radical (unpaired) electrons. The van der Waals surface area contributed by atoms with Gasteiger partial charge in [0.1, 0.15) is 0 Å². The standard InChI is InChI=1S/C16H36P.C4H8O2S/c1-5-9-13-17(14-10-6-2,15-11-7-3)16-12-8-4;1-7-3-2-4(5)6/h5-16H2,1-4H3;2-3H2,1H3,(H,5,6)/q+1;/p-1. The van der Waals surface area contributed by atoms with Gasteiger partial charge in [-0.2, -0.15) is 11.8 Å². The van der Waals surface area contributed by atoms with Crippen molar-refractivity contribution >= 4 is 25.0 Å². The lowest BCUT2D eigenvalue weighted by atomic mass is 10.4. The molecule has 0 unspecified atom stereocenters. The Bertz CT molecular complexity index is 235. The summed E-state index contributed by atoms with van der Waals surface area (Å²) >= 11 is 1.51. The normalized spacial score (nSPS) is 11.0. The van der Waals surface area contributed by atoms with Crippen LogP contribution in [0.15, 0.2) is 0 Å². The summed E-state index contributed by atoms with van der Waals surface area (Å²) in [7, 11) is -0.562. The Morgan fingerprint density at radius 1 is 0.792 bits per heavy atom. The first kappa shape index (κ1) is 26.5. The molecule has 0 aliphatic rings. The molecular formula is C20H43O2PS. The number of carboxylic acid groups (broad SMARTS) is 1. The molecule has 24 heavy (non-hydrogen) atoms. The second kappa shape index (κ2) is 19.6. The fraction of sp³-hybridized carbons (Fsp3) is 0.950. The third-order valence-electron chi connectivity index (χ3n) is 4.45. The number of carbonyl (C=O) groups is 1. The van der Waals surface area contributed by atoms with E-state index in [-0.39, 0.29) is 6.42 Å². The number of unbranched alkanes of at least 4 members (excludes halogenated alkanes) is 4. The van der Waals surface area contributed by atoms with Crippen molar-refractivity contribution in [1.82, 2.24) is 0 Å². The van der Waals surface area contributed by atoms with Gasteiger partial charge in [0.25, 0.3) is 0 Å². The van der Waals surface area contributed by atoms with Crippen LogP contribution in [-0.4, -0.2) is 42.6 Å². The van der Waals surface area contributed by atoms with E-state index in [2.05, 4.69) is 27.7 Å². The minimum absolute atomic E-state index is 0.168. The number of hydrogen-bond acceptors (Lipinski definition) is 3. The van der Waals surface area contributed by atoms with Gasteiger partial charge in [-0.3, -0.25) is 0 Å². The Hall–Kier alpha value is 0.250. The largest absolute Gasteiger partial charge is 0.550 e. The minimum atomic E-state index is -0.964. The molecule has 0 rings (SSSR count). The minimum Gasteiger partial charge on any atom is -0.550 e. The van der Waals surface area contributed by atoms with Crippen LogP contribution in [-0.2, 0) is 4.79 Å². The van der Waals surface area contributed by atoms with Crippen molar-refractivity contribution in [1.29, 1.82) is 0 Å². The average Bonchev–Trinajstić information content (AvgIpc) is 2.59. The van der Waals surface area contributed by atoms with Crippen LogP contribution in [0.1, 0.15) is 85.5 Å². The summed E-state index contributed by atoms with van der Waals surface area (Å²) in [5.41, 5.74) is 0. The van der Waals surface area contributed by atoms with Crippen molar-refractivity contribution in [2.75, 3.05) is 36.7 Å². The molecule has 0 amide bonds. The highest BCUT2D eigenvalue weighted by Gasteiger charge is 2.34. The van der Waals surface area contributed by atoms with Crippen molar-refractivity contribution in [2.45, 2.75) is 85.5 Å². The third kappa shape index (κ3) is 17.1. The summed E-state index contributed by atoms with van der Waals surface area (Å²) in [4.78, 5) is 9.63. The molecule has 0 saturated heterocycles. The molecule has 0 fully saturated rings. The first-order valence-corrected chi connectivity index (χ1v) is 14.0. The first-order valence-electron chi connectivity index (χ1n) is 10.1. The van der Waals surface area contributed by atoms with E-state index in [1.165, 1.54) is 63.1 Å². The summed E-state index contributed by atoms with van der Waals surface area (Å²) in [6.45, 7) is 9.42. The van der Waals surface area contributed by atoms with Crippen LogP contribution in [0.5, 0.6) is 0 Å². The molecule has 146 valence electrons. The van der Waals surface area contributed by atoms with Crippen LogP contribution in [0.25, 0.3) is 0 Å². The number of rotatable bonds is 15. The van der Waals surface area contributed by atoms with Gasteiger partial charge < -0.3 is 9.90 Å². The summed E-state index contributed by atoms with van der Waals surface area (Å²) in [6.07, 6.45) is 20.0. The molecule has 0 aliphatic carbocycles. The van der Waals surface area contributed by atoms with Crippen molar-refractivity contribution in [3.05, 3.63) is 0 Å². The predicted molar refractivity (Wildman–Crippen MR) is 114 cm³/mol. The van der Waals surface area contributed by atoms with Crippen molar-refractivity contribution in [3.63, 3.8) is 0 Å². The third-order valence-corrected chi connectivity index (χ3v) is 10.1. The summed E-state index contributed by atoms with van der Waals surface area (Å²) in [5, 5.41) is 9.63. The maximum absolute atomic E-state index is 9.63. The molecule has 0 heterocycles. The van der Waals surface area contributed by atoms with Crippen LogP contribution < -0.4 is 5.11 Å². The van der Waals surface area contributed by atoms with Gasteiger partial charge in [0.15, 0.2) is 0 Å². The van der Waals surface area contributed by atoms with E-state index in [1.807, 2.05) is 6.26 Å². The average molecular weight is 379 g/mol. The summed E-state index contributed by atoms with van der Waals surface area (Å²) < 4.78 is 0. The van der Waals surface area contributed by atoms with Gasteiger partial charge in [-0.05, 0) is 44.1 Å². The molecule has 0 N–H and O–H groups in total. The lowest BCUT2D eigenvalue weighted by molar-refractivity contribution is -0.305. The SMILES string of the molecule is CCCC[P+](CCCC)(CCCC)CCCC.CSCCC(=O)[O-]. The number of aliphatic carboxylic acids is 1. The smallest absolute Gasteiger partial charge is 0.0594 e. The van der Waals surface area contributed by atoms with Gasteiger partial charge in [0.05, 0.1) is 24.6 Å². The van der Waals surface area contributed by atoms with E-state index in [0.717, 1.165) is 0 Å². The Morgan fingerprint density at radius 3 is 1.29 bits per heavy atom. The molecule has 0 saturated carbocycles. The van der Waals surface area contributed by atoms with Crippen molar-refractivity contribution in [2.24, 2.45) is 0 Å². The zero-order valence-electron chi connectivity index (χ0n) is 17.1. The molecule has 0 aromatic carbocycles. The van der Waals surface area contributed by atoms with E-state index in [4.69, 9.17) is 0 Å². The molecule has 0 aromatic heterocycles. The van der Waals surface area contributed by atoms with Gasteiger partial charge in [-0.1, -0.05) is 53.4 Å². The first-order chi connectivity index (χ1) is 11.5. The Balaban J connectivity index is 0. The second-order valence-corrected chi connectivity index (χ2v) is 12.2. The molecular weight excluding hydrogens is 335 g/mol. The Morgan fingerprint density at radius 2 is 1.12 bits per heavy atom. The van der Waals surface area contributed by atoms with E-state index in [1.54, 1.807) is 24.6 Å². The highest BCUT2D eigenvalue weighted by molar-refractivity contribution is 7.98. The van der Waals surface area contributed by atoms with Crippen LogP contribution in [0.2, 0.25) is 0 Å². The second-order valence-electron chi connectivity index (χ2n) is 6.77. The van der Waals surface area contributed by atoms with Crippen LogP contribution in [0.3, 0.4) is 0 Å². The lowest BCUT2D eigenvalue weighted by Gasteiger charge is -2.28. The zero-order valence-corrected chi connectivity index (χ0v) is 18.8. The predicted octanol–water partition coefficient (Wildman–Crippen LogP) is 5.69. The van der Waals surface area contributed by atoms with Gasteiger partial charge in [0.2, 0.25) is 0 Å². The molecule has 2 nitrogen and oxygen atoms in total. The Kier molecular flexibility index (Phi) is 21.6. The maximum Gasteiger partial charge on any atom is 0.0594 e. The van der Waals surface area contributed by atoms with E-state index >= 15 is 0 Å². The van der Waals surface area contributed by atoms with E-state index in [9.17, 15) is 9.90 Å². The Labute approximate surface area is 157 Å². The van der Waals surface area contributed by atoms with Crippen molar-refractivity contribution < 1.29 is 9.90 Å². The van der Waals surface area contributed by atoms with Crippen molar-refractivity contribution in [3.8, 4) is 0 Å². The number of thioether (sulfide) groups is 1. The lowest BCUT2D eigenvalue weighted by Crippen LogP contribution is -2.22. The maximum atomic E-state index is 9.63. The van der Waals surface area contributed by atoms with Gasteiger partial charge in [0, 0.05) is 13.2 Å². The molecule has 0 bridgehead atoms. The topological polar surface area (TPSA) is 40.1 Å². The number of carbonyl (C=O) groups excluding carboxylic acids is 1. The van der Waals surface area contributed by atoms with Gasteiger partial charge >= 0.3 is 0 Å². The number of hydrogen-bond donors (Lipinski definition) is 0. The molecule has 0 atom stereocenters. The van der Waals surface area contributed by atoms with E-state index < -0.39 is 13.2 Å². The molecule has 4 heteroatoms. The summed E-state index contributed by atoms with van der Waals surface area (Å²) in [6, 6.07) is 0. The molecule has 0 spiro atoms. The van der Waals surface area contributed by atoms with Gasteiger partial charge in [-0.15, -0.1) is 0 Å². The highest BCUT2D eigenvalue weighted by Crippen LogP contribution is 2.61. The van der Waals surface area contributed by atoms with Gasteiger partial charge in [-0.25, -0.2) is 0 Å². The van der Waals surface area contributed by atoms with E-state index in [0.29, 0.717) is 5.75 Å². The molecule has 0 aromatic rings. The van der Waals surface area contributed by atoms with Crippen LogP contribution in [0, 0.1) is 0 Å². The fourth-order valence-electron chi connectivity index (χ4n) is 2.83. The highest BCUT2D eigenvalue weighted by atomic mass is 32.2. The van der Waals surface area contributed by atoms with Crippen LogP contribution in [0.4, 0.5) is 0 Å². The molecule has 0 aliphatic heterocycles. The summed E-state index contributed by atoms with van der Waals surface area (Å²) in [5.74, 6) is -0.308. The quantitative estimate of drug-likeness (QED) is 0.343.